The van der Waals surface area contributed by atoms with E-state index in [1.807, 2.05) is 67.6 Å². The number of aromatic nitrogens is 8. The second kappa shape index (κ2) is 48.4. The lowest BCUT2D eigenvalue weighted by molar-refractivity contribution is 0.148. The van der Waals surface area contributed by atoms with E-state index in [4.69, 9.17) is 23.2 Å². The highest BCUT2D eigenvalue weighted by Crippen LogP contribution is 2.41. The number of benzene rings is 8. The van der Waals surface area contributed by atoms with Gasteiger partial charge in [0, 0.05) is 235 Å². The molecule has 4 N–H and O–H groups in total. The molecule has 4 aromatic heterocycles. The molecular weight excluding hydrogens is 2000 g/mol. The summed E-state index contributed by atoms with van der Waals surface area (Å²) in [4.78, 5) is 53.1. The Morgan fingerprint density at radius 1 is 0.301 bits per heavy atom. The van der Waals surface area contributed by atoms with Gasteiger partial charge < -0.3 is 40.9 Å². The standard InChI is InChI=1S/C27H33FN6O2S.C26H30ClFN6O2S.C26H30F2N6O2S.C24H28ClFN6O2S/c1-20-18-29-27(30-23-8-5-21(6-9-23)19-33-15-13-32(2)14-16-33)31-26(20)24-10-7-22(28)17-25(24)37(35,36)34-11-3-4-12-34;1-32-12-14-33(15-13-32)18-19-4-7-21(8-5-19)30-26-29-17-23(27)25(31-26)22-9-6-20(28)16-24(22)37(35,36)34-10-2-3-11-34;1-32-12-14-33(15-13-32)18-19-4-7-21(8-5-19)30-26-29-17-23(28)25(31-26)22-9-6-20(27)16-24(22)37(35,36)34-10-2-3-11-34;1-30(2)35(33,34)22-14-18(26)6-9-20(22)23-21(25)15-27-24(29-23)28-19-7-4-17(5-8-19)16-32-12-10-31(3)11-13-32/h5-10,17-18H,3-4,11-16,19H2,1-2H3,(H,29,30,31);2*4-9,16-17H,2-3,10-15,18H2,1H3,(H,29,30,31);4-9,14-15H,10-13,16H2,1-3H3,(H,27,28,29). The molecule has 19 rings (SSSR count). The highest BCUT2D eigenvalue weighted by Gasteiger charge is 2.37. The second-order valence-electron chi connectivity index (χ2n) is 37.7. The van der Waals surface area contributed by atoms with Crippen molar-refractivity contribution in [3.8, 4) is 45.0 Å². The van der Waals surface area contributed by atoms with Crippen LogP contribution in [0.1, 0.15) is 66.3 Å². The van der Waals surface area contributed by atoms with E-state index in [9.17, 15) is 55.6 Å². The van der Waals surface area contributed by atoms with Crippen molar-refractivity contribution in [2.24, 2.45) is 0 Å². The van der Waals surface area contributed by atoms with Gasteiger partial charge in [-0.1, -0.05) is 71.7 Å². The van der Waals surface area contributed by atoms with E-state index in [2.05, 4.69) is 165 Å². The third-order valence-electron chi connectivity index (χ3n) is 26.7. The molecule has 774 valence electrons. The molecule has 7 aliphatic heterocycles. The highest BCUT2D eigenvalue weighted by atomic mass is 35.5. The quantitative estimate of drug-likeness (QED) is 0.0331. The number of halogens is 7. The average molecular weight is 2120 g/mol. The van der Waals surface area contributed by atoms with Crippen LogP contribution in [-0.4, -0.2) is 316 Å². The van der Waals surface area contributed by atoms with Crippen LogP contribution in [0.5, 0.6) is 0 Å². The van der Waals surface area contributed by atoms with E-state index in [-0.39, 0.29) is 81.2 Å². The van der Waals surface area contributed by atoms with Gasteiger partial charge in [-0.3, -0.25) is 19.6 Å². The van der Waals surface area contributed by atoms with Crippen molar-refractivity contribution in [3.63, 3.8) is 0 Å². The van der Waals surface area contributed by atoms with Crippen LogP contribution in [0.2, 0.25) is 10.0 Å². The van der Waals surface area contributed by atoms with Crippen LogP contribution >= 0.6 is 23.2 Å². The number of piperazine rings is 4. The van der Waals surface area contributed by atoms with Crippen LogP contribution < -0.4 is 21.3 Å². The maximum absolute atomic E-state index is 14.9. The average Bonchev–Trinajstić information content (AvgIpc) is 1.47. The topological polar surface area (TPSA) is 327 Å². The Morgan fingerprint density at radius 2 is 0.541 bits per heavy atom. The van der Waals surface area contributed by atoms with Gasteiger partial charge in [-0.25, -0.2) is 99.8 Å². The van der Waals surface area contributed by atoms with Crippen LogP contribution in [0.4, 0.5) is 68.5 Å². The zero-order valence-corrected chi connectivity index (χ0v) is 87.4. The first kappa shape index (κ1) is 108. The molecular formula is C103H121Cl2F5N24O8S4. The lowest BCUT2D eigenvalue weighted by atomic mass is 10.1. The van der Waals surface area contributed by atoms with Crippen molar-refractivity contribution in [3.05, 3.63) is 262 Å². The lowest BCUT2D eigenvalue weighted by Gasteiger charge is -2.32. The van der Waals surface area contributed by atoms with Crippen molar-refractivity contribution in [1.82, 2.24) is 96.3 Å². The van der Waals surface area contributed by atoms with E-state index >= 15 is 0 Å². The summed E-state index contributed by atoms with van der Waals surface area (Å²) >= 11 is 12.7. The van der Waals surface area contributed by atoms with E-state index in [0.29, 0.717) is 67.7 Å². The van der Waals surface area contributed by atoms with E-state index in [1.165, 1.54) is 104 Å². The van der Waals surface area contributed by atoms with Crippen molar-refractivity contribution in [1.29, 1.82) is 0 Å². The van der Waals surface area contributed by atoms with Crippen LogP contribution in [0.25, 0.3) is 45.0 Å². The summed E-state index contributed by atoms with van der Waals surface area (Å²) in [5.74, 6) is -2.45. The van der Waals surface area contributed by atoms with Gasteiger partial charge in [0.15, 0.2) is 5.82 Å². The third kappa shape index (κ3) is 27.5. The van der Waals surface area contributed by atoms with E-state index in [1.54, 1.807) is 6.20 Å². The van der Waals surface area contributed by atoms with E-state index in [0.717, 1.165) is 227 Å². The largest absolute Gasteiger partial charge is 0.324 e. The molecule has 7 fully saturated rings. The molecule has 0 radical (unpaired) electrons. The maximum atomic E-state index is 14.9. The first-order chi connectivity index (χ1) is 70.0. The number of anilines is 8. The number of likely N-dealkylation sites (N-methyl/N-ethyl adjacent to an activating group) is 4. The molecule has 0 saturated carbocycles. The predicted molar refractivity (Wildman–Crippen MR) is 559 cm³/mol. The number of nitrogens with one attached hydrogen (secondary N) is 4. The molecule has 7 saturated heterocycles. The molecule has 43 heteroatoms. The van der Waals surface area contributed by atoms with Gasteiger partial charge in [-0.05, 0) is 223 Å². The Bertz CT molecular complexity index is 6530. The van der Waals surface area contributed by atoms with Gasteiger partial charge in [0.2, 0.25) is 63.9 Å². The number of nitrogens with zero attached hydrogens (tertiary/aromatic N) is 20. The van der Waals surface area contributed by atoms with Gasteiger partial charge >= 0.3 is 0 Å². The number of rotatable bonds is 28. The second-order valence-corrected chi connectivity index (χ2v) is 46.3. The lowest BCUT2D eigenvalue weighted by Crippen LogP contribution is -2.43. The monoisotopic (exact) mass is 2110 g/mol. The molecule has 146 heavy (non-hydrogen) atoms. The van der Waals surface area contributed by atoms with Crippen molar-refractivity contribution in [2.75, 3.05) is 208 Å². The molecule has 0 spiro atoms. The molecule has 7 aliphatic rings. The molecule has 0 atom stereocenters. The fourth-order valence-electron chi connectivity index (χ4n) is 18.0. The minimum Gasteiger partial charge on any atom is -0.324 e. The highest BCUT2D eigenvalue weighted by molar-refractivity contribution is 7.90. The van der Waals surface area contributed by atoms with Gasteiger partial charge in [0.1, 0.15) is 29.0 Å². The fourth-order valence-corrected chi connectivity index (χ4v) is 24.6. The maximum Gasteiger partial charge on any atom is 0.243 e. The minimum atomic E-state index is -4.01. The summed E-state index contributed by atoms with van der Waals surface area (Å²) in [6, 6.07) is 46.4. The Hall–Kier alpha value is -11.2. The molecule has 0 unspecified atom stereocenters. The Balaban J connectivity index is 0.000000139. The van der Waals surface area contributed by atoms with Gasteiger partial charge in [0.25, 0.3) is 0 Å². The van der Waals surface area contributed by atoms with Crippen LogP contribution in [-0.2, 0) is 66.3 Å². The molecule has 0 bridgehead atoms. The summed E-state index contributed by atoms with van der Waals surface area (Å²) in [5.41, 5.74) is 10.1. The minimum absolute atomic E-state index is 0.00113. The molecule has 32 nitrogen and oxygen atoms in total. The number of aryl methyl sites for hydroxylation is 1. The smallest absolute Gasteiger partial charge is 0.243 e. The van der Waals surface area contributed by atoms with Crippen LogP contribution in [0.3, 0.4) is 0 Å². The van der Waals surface area contributed by atoms with Crippen molar-refractivity contribution >= 4 is 110 Å². The van der Waals surface area contributed by atoms with Crippen molar-refractivity contribution in [2.45, 2.75) is 91.2 Å². The summed E-state index contributed by atoms with van der Waals surface area (Å²) in [7, 11) is -4.37. The first-order valence-corrected chi connectivity index (χ1v) is 55.1. The SMILES string of the molecule is CN1CCN(Cc2ccc(Nc3ncc(Cl)c(-c4ccc(F)cc4S(=O)(=O)N(C)C)n3)cc2)CC1.CN1CCN(Cc2ccc(Nc3ncc(Cl)c(-c4ccc(F)cc4S(=O)(=O)N4CCCC4)n3)cc2)CC1.CN1CCN(Cc2ccc(Nc3ncc(F)c(-c4ccc(F)cc4S(=O)(=O)N4CCCC4)n3)cc2)CC1.Cc1cnc(Nc2ccc(CN3CCN(C)CC3)cc2)nc1-c1ccc(F)cc1S(=O)(=O)N1CCCC1. The number of hydrogen-bond acceptors (Lipinski definition) is 28. The Labute approximate surface area is 861 Å². The number of sulfonamides is 4. The zero-order valence-electron chi connectivity index (χ0n) is 82.6. The summed E-state index contributed by atoms with van der Waals surface area (Å²) in [6.07, 6.45) is 10.1. The summed E-state index contributed by atoms with van der Waals surface area (Å²) in [6.45, 7) is 24.8. The summed E-state index contributed by atoms with van der Waals surface area (Å²) in [5, 5.41) is 12.9. The van der Waals surface area contributed by atoms with Gasteiger partial charge in [0.05, 0.1) is 65.3 Å². The normalized spacial score (nSPS) is 17.3. The molecule has 11 heterocycles. The number of hydrogen-bond donors (Lipinski definition) is 4. The third-order valence-corrected chi connectivity index (χ3v) is 34.9. The molecule has 8 aromatic carbocycles. The van der Waals surface area contributed by atoms with E-state index < -0.39 is 69.2 Å². The Morgan fingerprint density at radius 3 is 0.829 bits per heavy atom. The van der Waals surface area contributed by atoms with Crippen molar-refractivity contribution < 1.29 is 55.6 Å². The Kier molecular flexibility index (Phi) is 35.7. The molecule has 12 aromatic rings. The fraction of sp³-hybridized carbons (Fsp3) is 0.379. The zero-order chi connectivity index (χ0) is 103. The molecule has 0 aliphatic carbocycles. The van der Waals surface area contributed by atoms with Crippen LogP contribution in [0.15, 0.2) is 214 Å². The molecule has 0 amide bonds. The summed E-state index contributed by atoms with van der Waals surface area (Å²) < 4.78 is 182. The predicted octanol–water partition coefficient (Wildman–Crippen LogP) is 15.5. The van der Waals surface area contributed by atoms with Gasteiger partial charge in [-0.15, -0.1) is 0 Å². The van der Waals surface area contributed by atoms with Crippen LogP contribution in [0, 0.1) is 36.0 Å². The first-order valence-electron chi connectivity index (χ1n) is 48.6. The van der Waals surface area contributed by atoms with Gasteiger partial charge in [-0.2, -0.15) is 12.9 Å².